The molecule has 0 fully saturated rings. The SMILES string of the molecule is CCNC(COCC)c1cc2cccc(C)c2o1. The molecular formula is C15H21NO2. The van der Waals surface area contributed by atoms with Crippen molar-refractivity contribution in [2.75, 3.05) is 19.8 Å². The van der Waals surface area contributed by atoms with Gasteiger partial charge in [-0.15, -0.1) is 0 Å². The molecule has 1 heterocycles. The number of hydrogen-bond acceptors (Lipinski definition) is 3. The number of benzene rings is 1. The van der Waals surface area contributed by atoms with E-state index in [0.717, 1.165) is 29.9 Å². The topological polar surface area (TPSA) is 34.4 Å². The van der Waals surface area contributed by atoms with Gasteiger partial charge in [-0.05, 0) is 32.0 Å². The number of hydrogen-bond donors (Lipinski definition) is 1. The summed E-state index contributed by atoms with van der Waals surface area (Å²) in [4.78, 5) is 0. The minimum atomic E-state index is 0.127. The lowest BCUT2D eigenvalue weighted by Gasteiger charge is -2.14. The zero-order valence-corrected chi connectivity index (χ0v) is 11.3. The second kappa shape index (κ2) is 6.03. The quantitative estimate of drug-likeness (QED) is 0.849. The number of nitrogens with one attached hydrogen (secondary N) is 1. The van der Waals surface area contributed by atoms with Gasteiger partial charge >= 0.3 is 0 Å². The van der Waals surface area contributed by atoms with E-state index in [1.165, 1.54) is 5.56 Å². The van der Waals surface area contributed by atoms with Crippen molar-refractivity contribution in [3.8, 4) is 0 Å². The number of furan rings is 1. The van der Waals surface area contributed by atoms with Crippen molar-refractivity contribution in [2.24, 2.45) is 0 Å². The highest BCUT2D eigenvalue weighted by atomic mass is 16.5. The highest BCUT2D eigenvalue weighted by Crippen LogP contribution is 2.26. The lowest BCUT2D eigenvalue weighted by atomic mass is 10.1. The normalized spacial score (nSPS) is 13.1. The monoisotopic (exact) mass is 247 g/mol. The Balaban J connectivity index is 2.29. The average molecular weight is 247 g/mol. The van der Waals surface area contributed by atoms with E-state index in [1.807, 2.05) is 6.92 Å². The van der Waals surface area contributed by atoms with Gasteiger partial charge in [-0.1, -0.05) is 25.1 Å². The number of likely N-dealkylation sites (N-methyl/N-ethyl adjacent to an activating group) is 1. The first kappa shape index (κ1) is 13.1. The first-order valence-electron chi connectivity index (χ1n) is 6.56. The first-order chi connectivity index (χ1) is 8.76. The molecule has 0 saturated carbocycles. The minimum absolute atomic E-state index is 0.127. The first-order valence-corrected chi connectivity index (χ1v) is 6.56. The van der Waals surface area contributed by atoms with Crippen LogP contribution in [0.5, 0.6) is 0 Å². The molecule has 3 heteroatoms. The third kappa shape index (κ3) is 2.74. The van der Waals surface area contributed by atoms with Crippen molar-refractivity contribution >= 4 is 11.0 Å². The molecule has 18 heavy (non-hydrogen) atoms. The highest BCUT2D eigenvalue weighted by molar-refractivity contribution is 5.80. The van der Waals surface area contributed by atoms with Crippen LogP contribution in [0.3, 0.4) is 0 Å². The molecule has 0 spiro atoms. The Morgan fingerprint density at radius 3 is 2.83 bits per heavy atom. The fourth-order valence-electron chi connectivity index (χ4n) is 2.12. The molecule has 2 aromatic rings. The van der Waals surface area contributed by atoms with Gasteiger partial charge in [-0.25, -0.2) is 0 Å². The largest absolute Gasteiger partial charge is 0.459 e. The molecule has 1 atom stereocenters. The van der Waals surface area contributed by atoms with E-state index in [4.69, 9.17) is 9.15 Å². The van der Waals surface area contributed by atoms with Crippen LogP contribution < -0.4 is 5.32 Å². The number of fused-ring (bicyclic) bond motifs is 1. The van der Waals surface area contributed by atoms with E-state index in [2.05, 4.69) is 43.4 Å². The molecule has 0 radical (unpaired) electrons. The summed E-state index contributed by atoms with van der Waals surface area (Å²) in [5.41, 5.74) is 2.15. The second-order valence-electron chi connectivity index (χ2n) is 4.41. The van der Waals surface area contributed by atoms with Crippen LogP contribution >= 0.6 is 0 Å². The molecule has 2 rings (SSSR count). The maximum Gasteiger partial charge on any atom is 0.137 e. The summed E-state index contributed by atoms with van der Waals surface area (Å²) in [7, 11) is 0. The zero-order valence-electron chi connectivity index (χ0n) is 11.3. The minimum Gasteiger partial charge on any atom is -0.459 e. The maximum absolute atomic E-state index is 5.97. The van der Waals surface area contributed by atoms with Crippen LogP contribution in [0, 0.1) is 6.92 Å². The molecule has 0 aliphatic rings. The van der Waals surface area contributed by atoms with Gasteiger partial charge < -0.3 is 14.5 Å². The molecule has 1 aromatic heterocycles. The van der Waals surface area contributed by atoms with E-state index in [9.17, 15) is 0 Å². The highest BCUT2D eigenvalue weighted by Gasteiger charge is 2.16. The van der Waals surface area contributed by atoms with Gasteiger partial charge in [0.15, 0.2) is 0 Å². The van der Waals surface area contributed by atoms with Crippen molar-refractivity contribution in [1.82, 2.24) is 5.32 Å². The van der Waals surface area contributed by atoms with Gasteiger partial charge in [0, 0.05) is 12.0 Å². The summed E-state index contributed by atoms with van der Waals surface area (Å²) in [6.45, 7) is 8.43. The third-order valence-corrected chi connectivity index (χ3v) is 3.04. The van der Waals surface area contributed by atoms with Crippen LogP contribution in [0.1, 0.15) is 31.2 Å². The van der Waals surface area contributed by atoms with Crippen LogP contribution in [0.15, 0.2) is 28.7 Å². The fourth-order valence-corrected chi connectivity index (χ4v) is 2.12. The summed E-state index contributed by atoms with van der Waals surface area (Å²) in [5, 5.41) is 4.55. The van der Waals surface area contributed by atoms with E-state index >= 15 is 0 Å². The Morgan fingerprint density at radius 2 is 2.17 bits per heavy atom. The van der Waals surface area contributed by atoms with E-state index in [1.54, 1.807) is 0 Å². The summed E-state index contributed by atoms with van der Waals surface area (Å²) >= 11 is 0. The van der Waals surface area contributed by atoms with Crippen molar-refractivity contribution in [3.63, 3.8) is 0 Å². The average Bonchev–Trinajstić information content (AvgIpc) is 2.80. The Morgan fingerprint density at radius 1 is 1.33 bits per heavy atom. The van der Waals surface area contributed by atoms with Crippen LogP contribution in [-0.2, 0) is 4.74 Å². The predicted octanol–water partition coefficient (Wildman–Crippen LogP) is 3.43. The van der Waals surface area contributed by atoms with Gasteiger partial charge in [0.05, 0.1) is 12.6 Å². The summed E-state index contributed by atoms with van der Waals surface area (Å²) in [6.07, 6.45) is 0. The molecule has 1 N–H and O–H groups in total. The summed E-state index contributed by atoms with van der Waals surface area (Å²) in [6, 6.07) is 8.44. The van der Waals surface area contributed by atoms with Gasteiger partial charge in [0.1, 0.15) is 11.3 Å². The van der Waals surface area contributed by atoms with Crippen molar-refractivity contribution in [2.45, 2.75) is 26.8 Å². The van der Waals surface area contributed by atoms with Gasteiger partial charge in [-0.3, -0.25) is 0 Å². The van der Waals surface area contributed by atoms with Crippen LogP contribution in [-0.4, -0.2) is 19.8 Å². The molecule has 1 unspecified atom stereocenters. The van der Waals surface area contributed by atoms with Crippen LogP contribution in [0.4, 0.5) is 0 Å². The predicted molar refractivity (Wildman–Crippen MR) is 73.9 cm³/mol. The molecule has 98 valence electrons. The molecule has 0 aliphatic carbocycles. The third-order valence-electron chi connectivity index (χ3n) is 3.04. The van der Waals surface area contributed by atoms with E-state index in [-0.39, 0.29) is 6.04 Å². The van der Waals surface area contributed by atoms with E-state index < -0.39 is 0 Å². The molecule has 0 aliphatic heterocycles. The molecule has 1 aromatic carbocycles. The maximum atomic E-state index is 5.97. The van der Waals surface area contributed by atoms with E-state index in [0.29, 0.717) is 6.61 Å². The van der Waals surface area contributed by atoms with Crippen LogP contribution in [0.25, 0.3) is 11.0 Å². The second-order valence-corrected chi connectivity index (χ2v) is 4.41. The van der Waals surface area contributed by atoms with Crippen molar-refractivity contribution in [1.29, 1.82) is 0 Å². The number of ether oxygens (including phenoxy) is 1. The Hall–Kier alpha value is -1.32. The Labute approximate surface area is 108 Å². The Kier molecular flexibility index (Phi) is 4.39. The zero-order chi connectivity index (χ0) is 13.0. The smallest absolute Gasteiger partial charge is 0.137 e. The molecular weight excluding hydrogens is 226 g/mol. The van der Waals surface area contributed by atoms with Gasteiger partial charge in [0.25, 0.3) is 0 Å². The Bertz CT molecular complexity index is 504. The fraction of sp³-hybridized carbons (Fsp3) is 0.467. The molecule has 0 bridgehead atoms. The molecule has 3 nitrogen and oxygen atoms in total. The van der Waals surface area contributed by atoms with Gasteiger partial charge in [-0.2, -0.15) is 0 Å². The van der Waals surface area contributed by atoms with Crippen LogP contribution in [0.2, 0.25) is 0 Å². The molecule has 0 amide bonds. The summed E-state index contributed by atoms with van der Waals surface area (Å²) < 4.78 is 11.5. The van der Waals surface area contributed by atoms with Gasteiger partial charge in [0.2, 0.25) is 0 Å². The lowest BCUT2D eigenvalue weighted by molar-refractivity contribution is 0.117. The number of aryl methyl sites for hydroxylation is 1. The van der Waals surface area contributed by atoms with Crippen molar-refractivity contribution < 1.29 is 9.15 Å². The number of rotatable bonds is 6. The number of para-hydroxylation sites is 1. The standard InChI is InChI=1S/C15H21NO2/c1-4-16-13(10-17-5-2)14-9-12-8-6-7-11(3)15(12)18-14/h6-9,13,16H,4-5,10H2,1-3H3. The summed E-state index contributed by atoms with van der Waals surface area (Å²) in [5.74, 6) is 0.953. The molecule has 0 saturated heterocycles. The van der Waals surface area contributed by atoms with Crippen molar-refractivity contribution in [3.05, 3.63) is 35.6 Å². The lowest BCUT2D eigenvalue weighted by Crippen LogP contribution is -2.24.